The van der Waals surface area contributed by atoms with Crippen molar-refractivity contribution in [2.24, 2.45) is 5.73 Å². The van der Waals surface area contributed by atoms with Gasteiger partial charge < -0.3 is 15.0 Å². The number of unbranched alkanes of at least 4 members (excludes halogenated alkanes) is 8. The molecule has 5 nitrogen and oxygen atoms in total. The molecule has 5 heteroatoms. The summed E-state index contributed by atoms with van der Waals surface area (Å²) in [5.74, 6) is -0.146. The molecule has 22 heavy (non-hydrogen) atoms. The van der Waals surface area contributed by atoms with Gasteiger partial charge in [-0.05, 0) is 12.8 Å². The van der Waals surface area contributed by atoms with Crippen LogP contribution in [0.5, 0.6) is 0 Å². The summed E-state index contributed by atoms with van der Waals surface area (Å²) in [6.45, 7) is 4.15. The zero-order valence-electron chi connectivity index (χ0n) is 15.2. The number of nitrogens with two attached hydrogens (primary N) is 1. The minimum atomic E-state index is -0.420. The minimum absolute atomic E-state index is 0.146. The predicted molar refractivity (Wildman–Crippen MR) is 92.4 cm³/mol. The zero-order chi connectivity index (χ0) is 17.2. The highest BCUT2D eigenvalue weighted by molar-refractivity contribution is 5.69. The molecule has 1 atom stereocenters. The van der Waals surface area contributed by atoms with E-state index in [9.17, 15) is 10.0 Å². The summed E-state index contributed by atoms with van der Waals surface area (Å²) in [4.78, 5) is 11.3. The molecule has 0 aromatic rings. The molecule has 0 amide bonds. The van der Waals surface area contributed by atoms with Gasteiger partial charge in [-0.25, -0.2) is 0 Å². The third kappa shape index (κ3) is 24.4. The molecule has 134 valence electrons. The second-order valence-corrected chi connectivity index (χ2v) is 5.92. The van der Waals surface area contributed by atoms with Crippen molar-refractivity contribution in [1.29, 1.82) is 0 Å². The number of carbonyl (C=O) groups excluding carboxylic acids is 1. The van der Waals surface area contributed by atoms with Crippen LogP contribution in [0.2, 0.25) is 0 Å². The first-order chi connectivity index (χ1) is 10.4. The normalized spacial score (nSPS) is 11.8. The molecule has 0 aliphatic rings. The van der Waals surface area contributed by atoms with E-state index in [-0.39, 0.29) is 11.0 Å². The third-order valence-electron chi connectivity index (χ3n) is 3.17. The van der Waals surface area contributed by atoms with Crippen LogP contribution in [0, 0.1) is 5.21 Å². The number of hydrogen-bond donors (Lipinski definition) is 2. The number of nitrogens with one attached hydrogen (secondary N) is 1. The van der Waals surface area contributed by atoms with Gasteiger partial charge in [0.15, 0.2) is 6.23 Å². The quantitative estimate of drug-likeness (QED) is 0.251. The Labute approximate surface area is 137 Å². The van der Waals surface area contributed by atoms with Crippen LogP contribution in [0.1, 0.15) is 84.5 Å². The first kappa shape index (κ1) is 23.6. The molecule has 0 fully saturated rings. The molecule has 0 heterocycles. The molecular formula is C17H38N2O3. The van der Waals surface area contributed by atoms with Crippen molar-refractivity contribution in [2.45, 2.75) is 90.7 Å². The van der Waals surface area contributed by atoms with Crippen molar-refractivity contribution in [3.05, 3.63) is 5.21 Å². The van der Waals surface area contributed by atoms with Gasteiger partial charge in [-0.3, -0.25) is 10.5 Å². The third-order valence-corrected chi connectivity index (χ3v) is 3.17. The fourth-order valence-corrected chi connectivity index (χ4v) is 1.89. The Morgan fingerprint density at radius 1 is 1.00 bits per heavy atom. The summed E-state index contributed by atoms with van der Waals surface area (Å²) in [6, 6.07) is 0. The number of hydroxylamine groups is 2. The van der Waals surface area contributed by atoms with Crippen LogP contribution in [0.4, 0.5) is 0 Å². The highest BCUT2D eigenvalue weighted by Crippen LogP contribution is 2.10. The van der Waals surface area contributed by atoms with Crippen LogP contribution in [-0.2, 0) is 9.53 Å². The van der Waals surface area contributed by atoms with Crippen LogP contribution in [0.3, 0.4) is 0 Å². The Balaban J connectivity index is 0. The van der Waals surface area contributed by atoms with E-state index in [1.54, 1.807) is 0 Å². The van der Waals surface area contributed by atoms with Crippen molar-refractivity contribution in [2.75, 3.05) is 14.1 Å². The molecule has 0 radical (unpaired) electrons. The lowest BCUT2D eigenvalue weighted by atomic mass is 10.1. The molecule has 0 aromatic heterocycles. The number of carbonyl (C=O) groups is 1. The molecule has 0 aromatic carbocycles. The molecule has 0 saturated heterocycles. The number of esters is 1. The summed E-state index contributed by atoms with van der Waals surface area (Å²) >= 11 is 0. The lowest BCUT2D eigenvalue weighted by molar-refractivity contribution is -0.802. The molecule has 0 saturated carbocycles. The van der Waals surface area contributed by atoms with Gasteiger partial charge in [-0.2, -0.15) is 0 Å². The highest BCUT2D eigenvalue weighted by Gasteiger charge is 2.06. The molecule has 0 aliphatic carbocycles. The second-order valence-electron chi connectivity index (χ2n) is 5.92. The first-order valence-corrected chi connectivity index (χ1v) is 8.86. The number of ether oxygens (including phenoxy) is 1. The van der Waals surface area contributed by atoms with E-state index in [1.165, 1.54) is 59.0 Å². The monoisotopic (exact) mass is 318 g/mol. The Morgan fingerprint density at radius 3 is 1.82 bits per heavy atom. The van der Waals surface area contributed by atoms with Crippen LogP contribution >= 0.6 is 0 Å². The van der Waals surface area contributed by atoms with Gasteiger partial charge in [-0.15, -0.1) is 0 Å². The van der Waals surface area contributed by atoms with Gasteiger partial charge >= 0.3 is 5.97 Å². The first-order valence-electron chi connectivity index (χ1n) is 8.86. The van der Waals surface area contributed by atoms with Gasteiger partial charge in [0.1, 0.15) is 0 Å². The number of quaternary nitrogens is 1. The van der Waals surface area contributed by atoms with Crippen LogP contribution in [-0.4, -0.2) is 26.3 Å². The van der Waals surface area contributed by atoms with Gasteiger partial charge in [0.05, 0.1) is 14.1 Å². The van der Waals surface area contributed by atoms with Crippen molar-refractivity contribution >= 4 is 5.97 Å². The lowest BCUT2D eigenvalue weighted by Gasteiger charge is -2.10. The van der Waals surface area contributed by atoms with Crippen LogP contribution < -0.4 is 10.8 Å². The van der Waals surface area contributed by atoms with Crippen molar-refractivity contribution in [3.63, 3.8) is 0 Å². The maximum Gasteiger partial charge on any atom is 0.307 e. The molecule has 0 rings (SSSR count). The Bertz CT molecular complexity index is 233. The maximum absolute atomic E-state index is 11.3. The van der Waals surface area contributed by atoms with Gasteiger partial charge in [0.2, 0.25) is 0 Å². The largest absolute Gasteiger partial charge is 0.635 e. The Kier molecular flexibility index (Phi) is 19.7. The molecule has 0 bridgehead atoms. The summed E-state index contributed by atoms with van der Waals surface area (Å²) in [6.07, 6.45) is 12.1. The topological polar surface area (TPSA) is 79.8 Å². The van der Waals surface area contributed by atoms with E-state index < -0.39 is 6.23 Å². The molecule has 0 spiro atoms. The zero-order valence-corrected chi connectivity index (χ0v) is 15.2. The van der Waals surface area contributed by atoms with Crippen molar-refractivity contribution in [1.82, 2.24) is 0 Å². The van der Waals surface area contributed by atoms with Crippen molar-refractivity contribution < 1.29 is 14.6 Å². The summed E-state index contributed by atoms with van der Waals surface area (Å²) in [5, 5.41) is 9.61. The summed E-state index contributed by atoms with van der Waals surface area (Å²) in [7, 11) is 3.06. The smallest absolute Gasteiger partial charge is 0.307 e. The highest BCUT2D eigenvalue weighted by atomic mass is 16.6. The minimum Gasteiger partial charge on any atom is -0.635 e. The fourth-order valence-electron chi connectivity index (χ4n) is 1.89. The van der Waals surface area contributed by atoms with Crippen LogP contribution in [0.25, 0.3) is 0 Å². The molecular weight excluding hydrogens is 280 g/mol. The van der Waals surface area contributed by atoms with Crippen molar-refractivity contribution in [3.8, 4) is 0 Å². The standard InChI is InChI=1S/C15H31NO2.C2H7NO/c1-3-5-6-7-8-9-10-11-12-13-15(17)18-14(16)4-2;1-3(2)4/h14H,3-13,16H2,1-2H3;3H,1-2H3. The van der Waals surface area contributed by atoms with E-state index in [0.717, 1.165) is 12.8 Å². The van der Waals surface area contributed by atoms with E-state index in [4.69, 9.17) is 10.5 Å². The molecule has 3 N–H and O–H groups in total. The molecule has 1 unspecified atom stereocenters. The maximum atomic E-state index is 11.3. The fraction of sp³-hybridized carbons (Fsp3) is 0.941. The average molecular weight is 319 g/mol. The summed E-state index contributed by atoms with van der Waals surface area (Å²) < 4.78 is 5.01. The Morgan fingerprint density at radius 2 is 1.41 bits per heavy atom. The predicted octanol–water partition coefficient (Wildman–Crippen LogP) is 2.77. The number of hydrogen-bond acceptors (Lipinski definition) is 4. The van der Waals surface area contributed by atoms with Crippen LogP contribution in [0.15, 0.2) is 0 Å². The lowest BCUT2D eigenvalue weighted by Crippen LogP contribution is -3.00. The van der Waals surface area contributed by atoms with Gasteiger partial charge in [0.25, 0.3) is 0 Å². The second kappa shape index (κ2) is 18.4. The summed E-state index contributed by atoms with van der Waals surface area (Å²) in [5.41, 5.74) is 5.54. The SMILES string of the molecule is CCCCCCCCCCCC(=O)OC(N)CC.C[NH+](C)[O-]. The van der Waals surface area contributed by atoms with Gasteiger partial charge in [0, 0.05) is 6.42 Å². The van der Waals surface area contributed by atoms with E-state index in [0.29, 0.717) is 12.8 Å². The van der Waals surface area contributed by atoms with E-state index in [1.807, 2.05) is 6.92 Å². The van der Waals surface area contributed by atoms with Gasteiger partial charge in [-0.1, -0.05) is 65.2 Å². The number of rotatable bonds is 12. The average Bonchev–Trinajstić information content (AvgIpc) is 2.44. The Hall–Kier alpha value is -0.650. The molecule has 0 aliphatic heterocycles. The van der Waals surface area contributed by atoms with E-state index in [2.05, 4.69) is 6.92 Å². The van der Waals surface area contributed by atoms with E-state index >= 15 is 0 Å².